The Morgan fingerprint density at radius 3 is 2.45 bits per heavy atom. The van der Waals surface area contributed by atoms with E-state index in [0.717, 1.165) is 5.56 Å². The second-order valence-electron chi connectivity index (χ2n) is 4.66. The van der Waals surface area contributed by atoms with Crippen molar-refractivity contribution in [3.63, 3.8) is 0 Å². The van der Waals surface area contributed by atoms with E-state index in [4.69, 9.17) is 9.15 Å². The van der Waals surface area contributed by atoms with E-state index in [1.165, 1.54) is 18.2 Å². The SMILES string of the molecule is COc1ccc(-c2cc3ccc([N+](=O)[O-])cc3c(=O)o2)cc1. The lowest BCUT2D eigenvalue weighted by Crippen LogP contribution is -2.01. The molecule has 0 amide bonds. The predicted octanol–water partition coefficient (Wildman–Crippen LogP) is 3.38. The Morgan fingerprint density at radius 2 is 1.82 bits per heavy atom. The molecule has 0 saturated heterocycles. The van der Waals surface area contributed by atoms with E-state index in [2.05, 4.69) is 0 Å². The zero-order chi connectivity index (χ0) is 15.7. The average molecular weight is 297 g/mol. The second kappa shape index (κ2) is 5.33. The molecule has 0 aliphatic rings. The lowest BCUT2D eigenvalue weighted by atomic mass is 10.1. The summed E-state index contributed by atoms with van der Waals surface area (Å²) in [4.78, 5) is 22.3. The molecule has 0 aliphatic carbocycles. The minimum Gasteiger partial charge on any atom is -0.497 e. The van der Waals surface area contributed by atoms with E-state index in [1.54, 1.807) is 37.4 Å². The van der Waals surface area contributed by atoms with E-state index in [-0.39, 0.29) is 11.1 Å². The number of rotatable bonds is 3. The van der Waals surface area contributed by atoms with Crippen LogP contribution < -0.4 is 10.4 Å². The molecule has 1 heterocycles. The van der Waals surface area contributed by atoms with Crippen LogP contribution >= 0.6 is 0 Å². The number of benzene rings is 2. The van der Waals surface area contributed by atoms with Crippen LogP contribution in [0.5, 0.6) is 5.75 Å². The van der Waals surface area contributed by atoms with Crippen molar-refractivity contribution >= 4 is 16.5 Å². The molecule has 0 saturated carbocycles. The summed E-state index contributed by atoms with van der Waals surface area (Å²) in [5.74, 6) is 1.09. The number of nitro groups is 1. The van der Waals surface area contributed by atoms with Crippen LogP contribution in [0.1, 0.15) is 0 Å². The summed E-state index contributed by atoms with van der Waals surface area (Å²) in [6, 6.07) is 12.9. The van der Waals surface area contributed by atoms with Crippen LogP contribution in [0.25, 0.3) is 22.1 Å². The molecule has 3 aromatic rings. The number of nitro benzene ring substituents is 1. The molecule has 0 aliphatic heterocycles. The van der Waals surface area contributed by atoms with Crippen LogP contribution in [0.3, 0.4) is 0 Å². The van der Waals surface area contributed by atoms with Crippen molar-refractivity contribution in [1.29, 1.82) is 0 Å². The molecule has 0 bridgehead atoms. The van der Waals surface area contributed by atoms with Gasteiger partial charge in [-0.05, 0) is 41.8 Å². The highest BCUT2D eigenvalue weighted by atomic mass is 16.6. The van der Waals surface area contributed by atoms with Gasteiger partial charge < -0.3 is 9.15 Å². The van der Waals surface area contributed by atoms with Crippen molar-refractivity contribution in [3.05, 3.63) is 69.1 Å². The highest BCUT2D eigenvalue weighted by Gasteiger charge is 2.11. The summed E-state index contributed by atoms with van der Waals surface area (Å²) < 4.78 is 10.3. The molecule has 0 radical (unpaired) electrons. The van der Waals surface area contributed by atoms with Gasteiger partial charge in [-0.1, -0.05) is 0 Å². The Balaban J connectivity index is 2.14. The number of fused-ring (bicyclic) bond motifs is 1. The molecule has 0 spiro atoms. The molecular weight excluding hydrogens is 286 g/mol. The molecule has 3 rings (SSSR count). The van der Waals surface area contributed by atoms with Gasteiger partial charge in [0.2, 0.25) is 0 Å². The third-order valence-corrected chi connectivity index (χ3v) is 3.33. The van der Waals surface area contributed by atoms with E-state index < -0.39 is 10.5 Å². The van der Waals surface area contributed by atoms with Crippen molar-refractivity contribution in [2.24, 2.45) is 0 Å². The summed E-state index contributed by atoms with van der Waals surface area (Å²) >= 11 is 0. The van der Waals surface area contributed by atoms with E-state index in [1.807, 2.05) is 0 Å². The molecule has 0 atom stereocenters. The molecule has 2 aromatic carbocycles. The van der Waals surface area contributed by atoms with Gasteiger partial charge in [-0.2, -0.15) is 0 Å². The Kier molecular flexibility index (Phi) is 3.34. The average Bonchev–Trinajstić information content (AvgIpc) is 2.54. The van der Waals surface area contributed by atoms with Gasteiger partial charge in [-0.15, -0.1) is 0 Å². The summed E-state index contributed by atoms with van der Waals surface area (Å²) in [6.45, 7) is 0. The maximum Gasteiger partial charge on any atom is 0.344 e. The van der Waals surface area contributed by atoms with Gasteiger partial charge >= 0.3 is 5.63 Å². The Hall–Kier alpha value is -3.15. The largest absolute Gasteiger partial charge is 0.497 e. The minimum atomic E-state index is -0.605. The van der Waals surface area contributed by atoms with Crippen LogP contribution in [0.4, 0.5) is 5.69 Å². The quantitative estimate of drug-likeness (QED) is 0.546. The number of ether oxygens (including phenoxy) is 1. The van der Waals surface area contributed by atoms with Gasteiger partial charge in [0.1, 0.15) is 11.5 Å². The van der Waals surface area contributed by atoms with Crippen molar-refractivity contribution < 1.29 is 14.1 Å². The summed E-state index contributed by atoms with van der Waals surface area (Å²) in [5, 5.41) is 11.5. The van der Waals surface area contributed by atoms with Crippen molar-refractivity contribution in [2.45, 2.75) is 0 Å². The standard InChI is InChI=1S/C16H11NO5/c1-21-13-6-3-10(4-7-13)15-8-11-2-5-12(17(19)20)9-14(11)16(18)22-15/h2-9H,1H3. The zero-order valence-electron chi connectivity index (χ0n) is 11.6. The predicted molar refractivity (Wildman–Crippen MR) is 81.1 cm³/mol. The Morgan fingerprint density at radius 1 is 1.09 bits per heavy atom. The van der Waals surface area contributed by atoms with E-state index in [9.17, 15) is 14.9 Å². The van der Waals surface area contributed by atoms with Crippen LogP contribution in [-0.4, -0.2) is 12.0 Å². The first kappa shape index (κ1) is 13.8. The highest BCUT2D eigenvalue weighted by Crippen LogP contribution is 2.25. The first-order chi connectivity index (χ1) is 10.6. The monoisotopic (exact) mass is 297 g/mol. The fourth-order valence-electron chi connectivity index (χ4n) is 2.18. The maximum atomic E-state index is 12.1. The van der Waals surface area contributed by atoms with Crippen LogP contribution in [-0.2, 0) is 0 Å². The summed E-state index contributed by atoms with van der Waals surface area (Å²) in [5.41, 5.74) is -0.0258. The van der Waals surface area contributed by atoms with E-state index >= 15 is 0 Å². The number of hydrogen-bond acceptors (Lipinski definition) is 5. The lowest BCUT2D eigenvalue weighted by molar-refractivity contribution is -0.384. The first-order valence-corrected chi connectivity index (χ1v) is 6.45. The fourth-order valence-corrected chi connectivity index (χ4v) is 2.18. The van der Waals surface area contributed by atoms with Crippen LogP contribution in [0, 0.1) is 10.1 Å². The van der Waals surface area contributed by atoms with Gasteiger partial charge in [0.15, 0.2) is 0 Å². The molecule has 0 fully saturated rings. The molecule has 110 valence electrons. The maximum absolute atomic E-state index is 12.1. The normalized spacial score (nSPS) is 10.6. The molecule has 1 aromatic heterocycles. The lowest BCUT2D eigenvalue weighted by Gasteiger charge is -2.04. The molecule has 6 nitrogen and oxygen atoms in total. The first-order valence-electron chi connectivity index (χ1n) is 6.45. The summed E-state index contributed by atoms with van der Waals surface area (Å²) in [7, 11) is 1.57. The molecule has 22 heavy (non-hydrogen) atoms. The summed E-state index contributed by atoms with van der Waals surface area (Å²) in [6.07, 6.45) is 0. The topological polar surface area (TPSA) is 82.6 Å². The van der Waals surface area contributed by atoms with Crippen LogP contribution in [0.15, 0.2) is 57.7 Å². The molecule has 6 heteroatoms. The van der Waals surface area contributed by atoms with Gasteiger partial charge in [-0.25, -0.2) is 4.79 Å². The third kappa shape index (κ3) is 2.42. The van der Waals surface area contributed by atoms with E-state index in [0.29, 0.717) is 16.9 Å². The second-order valence-corrected chi connectivity index (χ2v) is 4.66. The van der Waals surface area contributed by atoms with Crippen LogP contribution in [0.2, 0.25) is 0 Å². The molecular formula is C16H11NO5. The zero-order valence-corrected chi connectivity index (χ0v) is 11.6. The van der Waals surface area contributed by atoms with Crippen molar-refractivity contribution in [3.8, 4) is 17.1 Å². The van der Waals surface area contributed by atoms with Gasteiger partial charge in [0.05, 0.1) is 17.4 Å². The smallest absolute Gasteiger partial charge is 0.344 e. The number of nitrogens with zero attached hydrogens (tertiary/aromatic N) is 1. The van der Waals surface area contributed by atoms with Gasteiger partial charge in [-0.3, -0.25) is 10.1 Å². The highest BCUT2D eigenvalue weighted by molar-refractivity contribution is 5.86. The fraction of sp³-hybridized carbons (Fsp3) is 0.0625. The molecule has 0 N–H and O–H groups in total. The van der Waals surface area contributed by atoms with Crippen molar-refractivity contribution in [1.82, 2.24) is 0 Å². The molecule has 0 unspecified atom stereocenters. The Bertz CT molecular complexity index is 912. The van der Waals surface area contributed by atoms with Gasteiger partial charge in [0, 0.05) is 17.7 Å². The number of methoxy groups -OCH3 is 1. The van der Waals surface area contributed by atoms with Crippen molar-refractivity contribution in [2.75, 3.05) is 7.11 Å². The number of hydrogen-bond donors (Lipinski definition) is 0. The van der Waals surface area contributed by atoms with Gasteiger partial charge in [0.25, 0.3) is 5.69 Å². The number of non-ortho nitro benzene ring substituents is 1. The minimum absolute atomic E-state index is 0.142. The third-order valence-electron chi connectivity index (χ3n) is 3.33. The Labute approximate surface area is 124 Å².